The van der Waals surface area contributed by atoms with Crippen LogP contribution in [0.2, 0.25) is 0 Å². The van der Waals surface area contributed by atoms with Crippen LogP contribution in [0.3, 0.4) is 0 Å². The number of hydrogen-bond acceptors (Lipinski definition) is 7. The molecule has 0 saturated heterocycles. The van der Waals surface area contributed by atoms with Gasteiger partial charge in [0.25, 0.3) is 15.9 Å². The lowest BCUT2D eigenvalue weighted by Crippen LogP contribution is -2.31. The summed E-state index contributed by atoms with van der Waals surface area (Å²) in [6.45, 7) is 10.2. The molecule has 0 aliphatic rings. The van der Waals surface area contributed by atoms with Gasteiger partial charge in [-0.2, -0.15) is 8.42 Å². The molecule has 2 heterocycles. The topological polar surface area (TPSA) is 110 Å². The molecular weight excluding hydrogens is 440 g/mol. The molecule has 0 fully saturated rings. The third kappa shape index (κ3) is 5.87. The van der Waals surface area contributed by atoms with Crippen LogP contribution >= 0.6 is 0 Å². The first kappa shape index (κ1) is 24.2. The molecule has 9 heteroatoms. The molecule has 0 aliphatic heterocycles. The molecule has 2 N–H and O–H groups in total. The van der Waals surface area contributed by atoms with Crippen LogP contribution in [0.15, 0.2) is 47.5 Å². The van der Waals surface area contributed by atoms with E-state index in [1.807, 2.05) is 39.8 Å². The Morgan fingerprint density at radius 3 is 2.36 bits per heavy atom. The normalized spacial score (nSPS) is 11.2. The number of rotatable bonds is 8. The van der Waals surface area contributed by atoms with Gasteiger partial charge in [0.2, 0.25) is 5.88 Å². The van der Waals surface area contributed by atoms with Gasteiger partial charge in [-0.25, -0.2) is 14.7 Å². The SMILES string of the molecule is CCCNc1cccc(S(=O)(=O)NC(=O)c2ccc(C)nc2Oc2c(C)cc(C)cc2C)n1. The highest BCUT2D eigenvalue weighted by Crippen LogP contribution is 2.31. The second-order valence-electron chi connectivity index (χ2n) is 7.86. The van der Waals surface area contributed by atoms with Crippen LogP contribution < -0.4 is 14.8 Å². The van der Waals surface area contributed by atoms with Crippen molar-refractivity contribution in [2.24, 2.45) is 0 Å². The zero-order valence-electron chi connectivity index (χ0n) is 19.4. The molecule has 1 amide bonds. The van der Waals surface area contributed by atoms with E-state index in [1.54, 1.807) is 25.1 Å². The molecule has 0 spiro atoms. The summed E-state index contributed by atoms with van der Waals surface area (Å²) in [7, 11) is -4.21. The van der Waals surface area contributed by atoms with Gasteiger partial charge >= 0.3 is 0 Å². The molecule has 2 aromatic heterocycles. The van der Waals surface area contributed by atoms with Gasteiger partial charge < -0.3 is 10.1 Å². The summed E-state index contributed by atoms with van der Waals surface area (Å²) in [5, 5.41) is 2.77. The Balaban J connectivity index is 1.91. The standard InChI is InChI=1S/C24H28N4O4S/c1-6-12-25-20-8-7-9-21(27-20)33(30,31)28-23(29)19-11-10-18(5)26-24(19)32-22-16(3)13-15(2)14-17(22)4/h7-11,13-14H,6,12H2,1-5H3,(H,25,27)(H,28,29). The number of pyridine rings is 2. The number of carbonyl (C=O) groups excluding carboxylic acids is 1. The van der Waals surface area contributed by atoms with Crippen molar-refractivity contribution in [3.8, 4) is 11.6 Å². The quantitative estimate of drug-likeness (QED) is 0.503. The first-order chi connectivity index (χ1) is 15.6. The highest BCUT2D eigenvalue weighted by molar-refractivity contribution is 7.90. The first-order valence-electron chi connectivity index (χ1n) is 10.6. The maximum absolute atomic E-state index is 13.0. The minimum absolute atomic E-state index is 0.00353. The van der Waals surface area contributed by atoms with Gasteiger partial charge in [0.05, 0.1) is 0 Å². The molecule has 33 heavy (non-hydrogen) atoms. The van der Waals surface area contributed by atoms with Gasteiger partial charge in [0.1, 0.15) is 17.1 Å². The van der Waals surface area contributed by atoms with E-state index >= 15 is 0 Å². The molecule has 174 valence electrons. The first-order valence-corrected chi connectivity index (χ1v) is 12.1. The molecule has 1 aromatic carbocycles. The van der Waals surface area contributed by atoms with Crippen molar-refractivity contribution in [3.05, 3.63) is 70.4 Å². The van der Waals surface area contributed by atoms with Crippen LogP contribution in [-0.2, 0) is 10.0 Å². The van der Waals surface area contributed by atoms with E-state index < -0.39 is 15.9 Å². The van der Waals surface area contributed by atoms with Crippen LogP contribution in [0.4, 0.5) is 5.82 Å². The lowest BCUT2D eigenvalue weighted by molar-refractivity contribution is 0.0978. The number of hydrogen-bond donors (Lipinski definition) is 2. The molecule has 3 aromatic rings. The predicted molar refractivity (Wildman–Crippen MR) is 127 cm³/mol. The molecule has 0 bridgehead atoms. The number of aryl methyl sites for hydroxylation is 4. The van der Waals surface area contributed by atoms with E-state index in [2.05, 4.69) is 20.0 Å². The van der Waals surface area contributed by atoms with Crippen LogP contribution in [0.1, 0.15) is 46.1 Å². The Bertz CT molecular complexity index is 1270. The van der Waals surface area contributed by atoms with Crippen LogP contribution in [0.5, 0.6) is 11.6 Å². The number of sulfonamides is 1. The zero-order valence-corrected chi connectivity index (χ0v) is 20.2. The van der Waals surface area contributed by atoms with Crippen LogP contribution in [0, 0.1) is 27.7 Å². The predicted octanol–water partition coefficient (Wildman–Crippen LogP) is 4.44. The summed E-state index contributed by atoms with van der Waals surface area (Å²) in [6, 6.07) is 11.6. The second-order valence-corrected chi connectivity index (χ2v) is 9.49. The Labute approximate surface area is 194 Å². The Morgan fingerprint density at radius 2 is 1.70 bits per heavy atom. The largest absolute Gasteiger partial charge is 0.438 e. The molecule has 0 unspecified atom stereocenters. The van der Waals surface area contributed by atoms with Crippen LogP contribution in [0.25, 0.3) is 0 Å². The van der Waals surface area contributed by atoms with E-state index in [0.29, 0.717) is 23.8 Å². The number of aromatic nitrogens is 2. The lowest BCUT2D eigenvalue weighted by Gasteiger charge is -2.15. The maximum atomic E-state index is 13.0. The summed E-state index contributed by atoms with van der Waals surface area (Å²) < 4.78 is 33.8. The third-order valence-electron chi connectivity index (χ3n) is 4.83. The number of amides is 1. The van der Waals surface area contributed by atoms with Gasteiger partial charge in [-0.3, -0.25) is 4.79 Å². The van der Waals surface area contributed by atoms with E-state index in [0.717, 1.165) is 23.1 Å². The van der Waals surface area contributed by atoms with E-state index in [4.69, 9.17) is 4.74 Å². The zero-order chi connectivity index (χ0) is 24.2. The average Bonchev–Trinajstić information content (AvgIpc) is 2.74. The molecule has 0 radical (unpaired) electrons. The average molecular weight is 469 g/mol. The van der Waals surface area contributed by atoms with Crippen molar-refractivity contribution in [2.75, 3.05) is 11.9 Å². The second kappa shape index (κ2) is 9.99. The Morgan fingerprint density at radius 1 is 1.00 bits per heavy atom. The van der Waals surface area contributed by atoms with Crippen molar-refractivity contribution < 1.29 is 17.9 Å². The minimum Gasteiger partial charge on any atom is -0.438 e. The summed E-state index contributed by atoms with van der Waals surface area (Å²) in [5.41, 5.74) is 3.49. The number of nitrogens with one attached hydrogen (secondary N) is 2. The molecule has 0 atom stereocenters. The van der Waals surface area contributed by atoms with Crippen molar-refractivity contribution in [2.45, 2.75) is 46.1 Å². The van der Waals surface area contributed by atoms with Gasteiger partial charge in [-0.15, -0.1) is 0 Å². The summed E-state index contributed by atoms with van der Waals surface area (Å²) in [4.78, 5) is 21.4. The molecule has 8 nitrogen and oxygen atoms in total. The molecule has 0 aliphatic carbocycles. The lowest BCUT2D eigenvalue weighted by atomic mass is 10.1. The highest BCUT2D eigenvalue weighted by Gasteiger charge is 2.24. The number of nitrogens with zero attached hydrogens (tertiary/aromatic N) is 2. The van der Waals surface area contributed by atoms with Gasteiger partial charge in [-0.05, 0) is 69.5 Å². The molecule has 0 saturated carbocycles. The summed E-state index contributed by atoms with van der Waals surface area (Å²) in [5.74, 6) is 0.170. The monoisotopic (exact) mass is 468 g/mol. The van der Waals surface area contributed by atoms with Gasteiger partial charge in [0, 0.05) is 12.2 Å². The smallest absolute Gasteiger partial charge is 0.281 e. The molecule has 3 rings (SSSR count). The van der Waals surface area contributed by atoms with E-state index in [9.17, 15) is 13.2 Å². The number of carbonyl (C=O) groups is 1. The number of anilines is 1. The fourth-order valence-electron chi connectivity index (χ4n) is 3.35. The summed E-state index contributed by atoms with van der Waals surface area (Å²) in [6.07, 6.45) is 0.860. The third-order valence-corrected chi connectivity index (χ3v) is 6.06. The Hall–Kier alpha value is -3.46. The van der Waals surface area contributed by atoms with Crippen molar-refractivity contribution in [3.63, 3.8) is 0 Å². The van der Waals surface area contributed by atoms with Crippen molar-refractivity contribution >= 4 is 21.7 Å². The van der Waals surface area contributed by atoms with Gasteiger partial charge in [-0.1, -0.05) is 30.7 Å². The highest BCUT2D eigenvalue weighted by atomic mass is 32.2. The number of ether oxygens (including phenoxy) is 1. The fraction of sp³-hybridized carbons (Fsp3) is 0.292. The van der Waals surface area contributed by atoms with Gasteiger partial charge in [0.15, 0.2) is 5.03 Å². The van der Waals surface area contributed by atoms with E-state index in [1.165, 1.54) is 12.1 Å². The Kier molecular flexibility index (Phi) is 7.33. The minimum atomic E-state index is -4.21. The van der Waals surface area contributed by atoms with Crippen molar-refractivity contribution in [1.82, 2.24) is 14.7 Å². The fourth-order valence-corrected chi connectivity index (χ4v) is 4.29. The summed E-state index contributed by atoms with van der Waals surface area (Å²) >= 11 is 0. The van der Waals surface area contributed by atoms with E-state index in [-0.39, 0.29) is 16.5 Å². The van der Waals surface area contributed by atoms with Crippen molar-refractivity contribution in [1.29, 1.82) is 0 Å². The molecular formula is C24H28N4O4S. The van der Waals surface area contributed by atoms with Crippen LogP contribution in [-0.4, -0.2) is 30.8 Å². The number of benzene rings is 1. The maximum Gasteiger partial charge on any atom is 0.281 e.